The normalized spacial score (nSPS) is 14.3. The largest absolute Gasteiger partial charge is 0.269 e. The molecule has 1 aliphatic rings. The minimum atomic E-state index is -0.438. The molecule has 0 radical (unpaired) electrons. The topological polar surface area (TPSA) is 55.6 Å². The van der Waals surface area contributed by atoms with E-state index in [1.54, 1.807) is 38.3 Å². The average Bonchev–Trinajstić information content (AvgIpc) is 2.42. The molecule has 0 aliphatic carbocycles. The second-order valence-corrected chi connectivity index (χ2v) is 4.65. The molecule has 0 unspecified atom stereocenters. The molecular formula is C14H15FN2O3. The van der Waals surface area contributed by atoms with Crippen LogP contribution in [0.3, 0.4) is 0 Å². The van der Waals surface area contributed by atoms with E-state index in [0.717, 1.165) is 5.56 Å². The van der Waals surface area contributed by atoms with Gasteiger partial charge in [0.1, 0.15) is 12.4 Å². The fourth-order valence-electron chi connectivity index (χ4n) is 2.00. The summed E-state index contributed by atoms with van der Waals surface area (Å²) in [6, 6.07) is 3.42. The lowest BCUT2D eigenvalue weighted by atomic mass is 10.1. The summed E-state index contributed by atoms with van der Waals surface area (Å²) in [7, 11) is 0. The molecule has 0 bridgehead atoms. The maximum atomic E-state index is 13.5. The number of benzene rings is 1. The minimum absolute atomic E-state index is 0.0685. The van der Waals surface area contributed by atoms with Crippen LogP contribution in [0.25, 0.3) is 0 Å². The Bertz CT molecular complexity index is 573. The molecule has 2 rings (SSSR count). The molecule has 0 amide bonds. The predicted molar refractivity (Wildman–Crippen MR) is 71.6 cm³/mol. The molecule has 5 nitrogen and oxygen atoms in total. The molecule has 0 saturated carbocycles. The van der Waals surface area contributed by atoms with E-state index in [1.165, 1.54) is 11.1 Å². The van der Waals surface area contributed by atoms with Crippen molar-refractivity contribution in [3.8, 4) is 0 Å². The van der Waals surface area contributed by atoms with Crippen LogP contribution in [-0.2, 0) is 11.4 Å². The molecule has 1 heterocycles. The van der Waals surface area contributed by atoms with Crippen molar-refractivity contribution in [1.29, 1.82) is 0 Å². The van der Waals surface area contributed by atoms with Gasteiger partial charge in [0.05, 0.1) is 11.5 Å². The number of hydroxylamine groups is 2. The first-order valence-corrected chi connectivity index (χ1v) is 6.14. The molecule has 0 atom stereocenters. The van der Waals surface area contributed by atoms with Crippen LogP contribution in [0.15, 0.2) is 36.2 Å². The Morgan fingerprint density at radius 2 is 2.05 bits per heavy atom. The standard InChI is InChI=1S/C14H15FN2O3/c1-10-6-12(7-11(2)14(10)15)9-20-16-5-3-4-13(8-16)17(18)19/h3-7H,8-9H2,1-2H3. The Kier molecular flexibility index (Phi) is 4.14. The van der Waals surface area contributed by atoms with Crippen molar-refractivity contribution < 1.29 is 14.2 Å². The van der Waals surface area contributed by atoms with Crippen LogP contribution in [0.4, 0.5) is 4.39 Å². The van der Waals surface area contributed by atoms with Gasteiger partial charge in [0.2, 0.25) is 0 Å². The molecule has 0 spiro atoms. The average molecular weight is 278 g/mol. The van der Waals surface area contributed by atoms with Gasteiger partial charge in [-0.05, 0) is 36.6 Å². The summed E-state index contributed by atoms with van der Waals surface area (Å²) >= 11 is 0. The highest BCUT2D eigenvalue weighted by atomic mass is 19.1. The van der Waals surface area contributed by atoms with Crippen molar-refractivity contribution in [1.82, 2.24) is 5.06 Å². The maximum Gasteiger partial charge on any atom is 0.268 e. The number of aryl methyl sites for hydroxylation is 2. The van der Waals surface area contributed by atoms with Crippen molar-refractivity contribution >= 4 is 0 Å². The van der Waals surface area contributed by atoms with E-state index in [4.69, 9.17) is 4.84 Å². The zero-order valence-corrected chi connectivity index (χ0v) is 11.3. The zero-order valence-electron chi connectivity index (χ0n) is 11.3. The highest BCUT2D eigenvalue weighted by molar-refractivity contribution is 5.30. The Morgan fingerprint density at radius 1 is 1.40 bits per heavy atom. The summed E-state index contributed by atoms with van der Waals surface area (Å²) in [6.45, 7) is 3.71. The number of nitrogens with zero attached hydrogens (tertiary/aromatic N) is 2. The van der Waals surface area contributed by atoms with E-state index in [-0.39, 0.29) is 24.7 Å². The van der Waals surface area contributed by atoms with Gasteiger partial charge >= 0.3 is 0 Å². The van der Waals surface area contributed by atoms with Crippen molar-refractivity contribution in [2.24, 2.45) is 0 Å². The number of rotatable bonds is 4. The third kappa shape index (κ3) is 3.21. The smallest absolute Gasteiger partial charge is 0.268 e. The van der Waals surface area contributed by atoms with Crippen molar-refractivity contribution in [3.05, 3.63) is 68.8 Å². The Hall–Kier alpha value is -2.21. The lowest BCUT2D eigenvalue weighted by Crippen LogP contribution is -2.25. The highest BCUT2D eigenvalue weighted by Crippen LogP contribution is 2.17. The molecule has 1 aromatic rings. The predicted octanol–water partition coefficient (Wildman–Crippen LogP) is 2.86. The van der Waals surface area contributed by atoms with E-state index in [9.17, 15) is 14.5 Å². The summed E-state index contributed by atoms with van der Waals surface area (Å²) in [4.78, 5) is 15.7. The first-order valence-electron chi connectivity index (χ1n) is 6.14. The van der Waals surface area contributed by atoms with Crippen molar-refractivity contribution in [3.63, 3.8) is 0 Å². The van der Waals surface area contributed by atoms with E-state index >= 15 is 0 Å². The third-order valence-corrected chi connectivity index (χ3v) is 2.99. The molecule has 0 N–H and O–H groups in total. The zero-order chi connectivity index (χ0) is 14.7. The lowest BCUT2D eigenvalue weighted by Gasteiger charge is -2.20. The van der Waals surface area contributed by atoms with E-state index in [2.05, 4.69) is 0 Å². The van der Waals surface area contributed by atoms with Crippen LogP contribution in [0, 0.1) is 29.8 Å². The molecule has 106 valence electrons. The maximum absolute atomic E-state index is 13.5. The second-order valence-electron chi connectivity index (χ2n) is 4.65. The van der Waals surface area contributed by atoms with Gasteiger partial charge in [0.15, 0.2) is 0 Å². The third-order valence-electron chi connectivity index (χ3n) is 2.99. The number of hydrogen-bond acceptors (Lipinski definition) is 4. The summed E-state index contributed by atoms with van der Waals surface area (Å²) < 4.78 is 13.5. The molecule has 1 aliphatic heterocycles. The van der Waals surface area contributed by atoms with Gasteiger partial charge in [-0.25, -0.2) is 4.39 Å². The van der Waals surface area contributed by atoms with Gasteiger partial charge in [-0.1, -0.05) is 12.1 Å². The van der Waals surface area contributed by atoms with Crippen LogP contribution in [0.2, 0.25) is 0 Å². The van der Waals surface area contributed by atoms with Gasteiger partial charge in [-0.3, -0.25) is 20.0 Å². The van der Waals surface area contributed by atoms with E-state index in [0.29, 0.717) is 11.1 Å². The lowest BCUT2D eigenvalue weighted by molar-refractivity contribution is -0.431. The van der Waals surface area contributed by atoms with E-state index < -0.39 is 4.92 Å². The fourth-order valence-corrected chi connectivity index (χ4v) is 2.00. The van der Waals surface area contributed by atoms with Gasteiger partial charge in [-0.2, -0.15) is 0 Å². The molecule has 0 saturated heterocycles. The first kappa shape index (κ1) is 14.2. The molecule has 6 heteroatoms. The Balaban J connectivity index is 1.98. The Morgan fingerprint density at radius 3 is 2.65 bits per heavy atom. The molecule has 1 aromatic carbocycles. The van der Waals surface area contributed by atoms with Crippen LogP contribution >= 0.6 is 0 Å². The summed E-state index contributed by atoms with van der Waals surface area (Å²) in [6.07, 6.45) is 4.62. The Labute approximate surface area is 116 Å². The molecule has 0 fully saturated rings. The van der Waals surface area contributed by atoms with E-state index in [1.807, 2.05) is 0 Å². The van der Waals surface area contributed by atoms with Gasteiger partial charge in [0.25, 0.3) is 5.70 Å². The van der Waals surface area contributed by atoms with Gasteiger partial charge in [-0.15, -0.1) is 0 Å². The summed E-state index contributed by atoms with van der Waals surface area (Å²) in [5.41, 5.74) is 2.01. The van der Waals surface area contributed by atoms with Crippen LogP contribution in [0.5, 0.6) is 0 Å². The van der Waals surface area contributed by atoms with Crippen molar-refractivity contribution in [2.45, 2.75) is 20.5 Å². The number of nitro groups is 1. The van der Waals surface area contributed by atoms with Crippen LogP contribution < -0.4 is 0 Å². The first-order chi connectivity index (χ1) is 9.47. The van der Waals surface area contributed by atoms with Gasteiger partial charge < -0.3 is 0 Å². The second kappa shape index (κ2) is 5.83. The molecular weight excluding hydrogens is 263 g/mol. The quantitative estimate of drug-likeness (QED) is 0.627. The number of hydrogen-bond donors (Lipinski definition) is 0. The molecule has 20 heavy (non-hydrogen) atoms. The summed E-state index contributed by atoms with van der Waals surface area (Å²) in [5.74, 6) is -0.217. The van der Waals surface area contributed by atoms with Gasteiger partial charge in [0, 0.05) is 12.3 Å². The fraction of sp³-hybridized carbons (Fsp3) is 0.286. The summed E-state index contributed by atoms with van der Waals surface area (Å²) in [5, 5.41) is 12.1. The minimum Gasteiger partial charge on any atom is -0.269 e. The number of allylic oxidation sites excluding steroid dienone is 2. The monoisotopic (exact) mass is 278 g/mol. The SMILES string of the molecule is Cc1cc(CON2C=CC=C([N+](=O)[O-])C2)cc(C)c1F. The van der Waals surface area contributed by atoms with Crippen molar-refractivity contribution in [2.75, 3.05) is 6.54 Å². The highest BCUT2D eigenvalue weighted by Gasteiger charge is 2.17. The number of halogens is 1. The molecule has 0 aromatic heterocycles. The van der Waals surface area contributed by atoms with Crippen LogP contribution in [-0.4, -0.2) is 16.5 Å². The van der Waals surface area contributed by atoms with Crippen LogP contribution in [0.1, 0.15) is 16.7 Å².